The summed E-state index contributed by atoms with van der Waals surface area (Å²) in [7, 11) is 0. The van der Waals surface area contributed by atoms with Crippen LogP contribution in [0.2, 0.25) is 0 Å². The number of ketones is 4. The van der Waals surface area contributed by atoms with Gasteiger partial charge in [0.25, 0.3) is 0 Å². The Hall–Kier alpha value is -2.10. The molecule has 4 bridgehead atoms. The van der Waals surface area contributed by atoms with Crippen LogP contribution in [0.4, 0.5) is 0 Å². The summed E-state index contributed by atoms with van der Waals surface area (Å²) in [5, 5.41) is 0. The van der Waals surface area contributed by atoms with Crippen LogP contribution in [0, 0.1) is 50.7 Å². The standard InChI is InChI=1S/C34H48O4/c1-19(2)13-12-14-22(7)15-16-32-17-24-25-30(8,9)23(20(3)4)18-33(25,27(32)36)29(38)34(28(32)37,31(24,10)11)26(35)21(5)6/h13,15,21,23-25H,3,12,14,16-18H2,1-2,4-11H3/b22-15+/t23-,24-,25-,32+,33-,34+/m0/s1. The van der Waals surface area contributed by atoms with E-state index in [9.17, 15) is 19.2 Å². The second-order valence-electron chi connectivity index (χ2n) is 14.8. The third-order valence-electron chi connectivity index (χ3n) is 11.4. The first-order valence-corrected chi connectivity index (χ1v) is 14.5. The average molecular weight is 521 g/mol. The number of carbonyl (C=O) groups excluding carboxylic acids is 4. The maximum atomic E-state index is 14.9. The van der Waals surface area contributed by atoms with Gasteiger partial charge in [0.2, 0.25) is 0 Å². The first kappa shape index (κ1) is 28.9. The molecule has 0 amide bonds. The molecule has 5 rings (SSSR count). The minimum absolute atomic E-state index is 0.0194. The van der Waals surface area contributed by atoms with Gasteiger partial charge < -0.3 is 0 Å². The van der Waals surface area contributed by atoms with Gasteiger partial charge in [-0.25, -0.2) is 0 Å². The van der Waals surface area contributed by atoms with Crippen LogP contribution in [0.15, 0.2) is 35.5 Å². The van der Waals surface area contributed by atoms with E-state index in [0.717, 1.165) is 24.0 Å². The highest BCUT2D eigenvalue weighted by Crippen LogP contribution is 2.81. The second kappa shape index (κ2) is 8.70. The lowest BCUT2D eigenvalue weighted by Crippen LogP contribution is -2.83. The average Bonchev–Trinajstić information content (AvgIpc) is 3.06. The van der Waals surface area contributed by atoms with E-state index in [4.69, 9.17) is 0 Å². The zero-order chi connectivity index (χ0) is 28.8. The summed E-state index contributed by atoms with van der Waals surface area (Å²) in [5.74, 6) is -2.08. The molecule has 0 saturated heterocycles. The first-order chi connectivity index (χ1) is 17.4. The van der Waals surface area contributed by atoms with Gasteiger partial charge in [0.15, 0.2) is 28.5 Å². The van der Waals surface area contributed by atoms with E-state index >= 15 is 0 Å². The summed E-state index contributed by atoms with van der Waals surface area (Å²) in [6.45, 7) is 24.3. The summed E-state index contributed by atoms with van der Waals surface area (Å²) < 4.78 is 0. The molecular weight excluding hydrogens is 472 g/mol. The molecule has 0 aromatic heterocycles. The van der Waals surface area contributed by atoms with Gasteiger partial charge in [0, 0.05) is 5.92 Å². The van der Waals surface area contributed by atoms with E-state index in [0.29, 0.717) is 12.8 Å². The molecule has 0 unspecified atom stereocenters. The van der Waals surface area contributed by atoms with Crippen molar-refractivity contribution in [2.24, 2.45) is 50.7 Å². The topological polar surface area (TPSA) is 68.3 Å². The third kappa shape index (κ3) is 3.21. The minimum Gasteiger partial charge on any atom is -0.298 e. The Bertz CT molecular complexity index is 1190. The highest BCUT2D eigenvalue weighted by atomic mass is 16.2. The summed E-state index contributed by atoms with van der Waals surface area (Å²) in [4.78, 5) is 58.7. The van der Waals surface area contributed by atoms with Gasteiger partial charge in [-0.2, -0.15) is 0 Å². The molecular formula is C34H48O4. The number of hydrogen-bond donors (Lipinski definition) is 0. The fourth-order valence-electron chi connectivity index (χ4n) is 9.63. The van der Waals surface area contributed by atoms with Gasteiger partial charge >= 0.3 is 0 Å². The van der Waals surface area contributed by atoms with Gasteiger partial charge in [0.05, 0.1) is 10.8 Å². The Balaban J connectivity index is 1.95. The van der Waals surface area contributed by atoms with Crippen molar-refractivity contribution < 1.29 is 19.2 Å². The Kier molecular flexibility index (Phi) is 6.62. The molecule has 0 heterocycles. The Morgan fingerprint density at radius 3 is 2.08 bits per heavy atom. The first-order valence-electron chi connectivity index (χ1n) is 14.5. The van der Waals surface area contributed by atoms with E-state index in [1.165, 1.54) is 5.57 Å². The van der Waals surface area contributed by atoms with Crippen LogP contribution in [0.3, 0.4) is 0 Å². The highest BCUT2D eigenvalue weighted by molar-refractivity contribution is 6.41. The van der Waals surface area contributed by atoms with Crippen LogP contribution in [-0.4, -0.2) is 23.1 Å². The molecule has 4 nitrogen and oxygen atoms in total. The van der Waals surface area contributed by atoms with Crippen LogP contribution in [-0.2, 0) is 19.2 Å². The van der Waals surface area contributed by atoms with Crippen LogP contribution < -0.4 is 0 Å². The molecule has 0 aromatic rings. The molecule has 5 fully saturated rings. The van der Waals surface area contributed by atoms with Gasteiger partial charge in [-0.3, -0.25) is 19.2 Å². The molecule has 0 N–H and O–H groups in total. The third-order valence-corrected chi connectivity index (χ3v) is 11.4. The number of rotatable bonds is 8. The van der Waals surface area contributed by atoms with Crippen molar-refractivity contribution in [1.82, 2.24) is 0 Å². The smallest absolute Gasteiger partial charge is 0.168 e. The summed E-state index contributed by atoms with van der Waals surface area (Å²) in [6, 6.07) is 0. The molecule has 1 spiro atoms. The molecule has 5 aliphatic carbocycles. The van der Waals surface area contributed by atoms with Crippen molar-refractivity contribution in [2.75, 3.05) is 0 Å². The van der Waals surface area contributed by atoms with E-state index in [-0.39, 0.29) is 46.9 Å². The monoisotopic (exact) mass is 520 g/mol. The minimum atomic E-state index is -1.77. The number of allylic oxidation sites excluding steroid dienone is 5. The van der Waals surface area contributed by atoms with Crippen molar-refractivity contribution >= 4 is 23.1 Å². The molecule has 4 heteroatoms. The maximum Gasteiger partial charge on any atom is 0.168 e. The molecule has 6 atom stereocenters. The molecule has 5 saturated carbocycles. The van der Waals surface area contributed by atoms with Crippen LogP contribution in [0.5, 0.6) is 0 Å². The fraction of sp³-hybridized carbons (Fsp3) is 0.706. The Labute approximate surface area is 229 Å². The molecule has 5 aliphatic rings. The molecule has 0 radical (unpaired) electrons. The molecule has 38 heavy (non-hydrogen) atoms. The lowest BCUT2D eigenvalue weighted by atomic mass is 9.26. The second-order valence-corrected chi connectivity index (χ2v) is 14.8. The lowest BCUT2D eigenvalue weighted by Gasteiger charge is -2.71. The summed E-state index contributed by atoms with van der Waals surface area (Å²) in [6.07, 6.45) is 7.08. The number of hydrogen-bond acceptors (Lipinski definition) is 4. The Morgan fingerprint density at radius 1 is 0.947 bits per heavy atom. The van der Waals surface area contributed by atoms with Crippen molar-refractivity contribution in [1.29, 1.82) is 0 Å². The van der Waals surface area contributed by atoms with Crippen LogP contribution in [0.25, 0.3) is 0 Å². The van der Waals surface area contributed by atoms with Gasteiger partial charge in [0.1, 0.15) is 0 Å². The van der Waals surface area contributed by atoms with Crippen molar-refractivity contribution in [3.05, 3.63) is 35.5 Å². The summed E-state index contributed by atoms with van der Waals surface area (Å²) >= 11 is 0. The van der Waals surface area contributed by atoms with Crippen LogP contribution in [0.1, 0.15) is 101 Å². The van der Waals surface area contributed by atoms with E-state index in [1.807, 2.05) is 20.8 Å². The van der Waals surface area contributed by atoms with Gasteiger partial charge in [-0.1, -0.05) is 77.0 Å². The molecule has 208 valence electrons. The zero-order valence-corrected chi connectivity index (χ0v) is 25.3. The van der Waals surface area contributed by atoms with Crippen molar-refractivity contribution in [3.63, 3.8) is 0 Å². The van der Waals surface area contributed by atoms with Gasteiger partial charge in [-0.05, 0) is 88.4 Å². The highest BCUT2D eigenvalue weighted by Gasteiger charge is 2.89. The quantitative estimate of drug-likeness (QED) is 0.249. The van der Waals surface area contributed by atoms with E-state index in [1.54, 1.807) is 13.8 Å². The molecule has 0 aromatic carbocycles. The largest absolute Gasteiger partial charge is 0.298 e. The lowest BCUT2D eigenvalue weighted by molar-refractivity contribution is -0.222. The fourth-order valence-corrected chi connectivity index (χ4v) is 9.63. The number of Topliss-reactive ketones (excluding diaryl/α,β-unsaturated/α-hetero) is 4. The van der Waals surface area contributed by atoms with Crippen molar-refractivity contribution in [2.45, 2.75) is 101 Å². The molecule has 0 aliphatic heterocycles. The Morgan fingerprint density at radius 2 is 1.55 bits per heavy atom. The van der Waals surface area contributed by atoms with E-state index < -0.39 is 33.4 Å². The van der Waals surface area contributed by atoms with Gasteiger partial charge in [-0.15, -0.1) is 0 Å². The predicted molar refractivity (Wildman–Crippen MR) is 151 cm³/mol. The SMILES string of the molecule is C=C(C)[C@@H]1C[C@@]23C(=O)[C@@]4(C/C=C(\C)CCC=C(C)C)C[C@@H]([C@H]2C1(C)C)C(C)(C)[C@](C(=O)C(C)C)(C4=O)C3=O. The van der Waals surface area contributed by atoms with E-state index in [2.05, 4.69) is 53.3 Å². The predicted octanol–water partition coefficient (Wildman–Crippen LogP) is 7.27. The number of carbonyl (C=O) groups is 4. The summed E-state index contributed by atoms with van der Waals surface area (Å²) in [5.41, 5.74) is -2.20. The van der Waals surface area contributed by atoms with Crippen LogP contribution >= 0.6 is 0 Å². The van der Waals surface area contributed by atoms with Crippen molar-refractivity contribution in [3.8, 4) is 0 Å². The normalized spacial score (nSPS) is 38.6. The zero-order valence-electron chi connectivity index (χ0n) is 25.3. The maximum absolute atomic E-state index is 14.9.